The van der Waals surface area contributed by atoms with Crippen molar-refractivity contribution in [2.24, 2.45) is 0 Å². The van der Waals surface area contributed by atoms with Gasteiger partial charge in [0.2, 0.25) is 0 Å². The highest BCUT2D eigenvalue weighted by Crippen LogP contribution is 2.14. The Kier molecular flexibility index (Phi) is 4.81. The van der Waals surface area contributed by atoms with Gasteiger partial charge in [-0.15, -0.1) is 0 Å². The lowest BCUT2D eigenvalue weighted by molar-refractivity contribution is 0.0774. The van der Waals surface area contributed by atoms with Crippen molar-refractivity contribution in [1.29, 1.82) is 0 Å². The quantitative estimate of drug-likeness (QED) is 0.879. The molecule has 1 aromatic carbocycles. The van der Waals surface area contributed by atoms with Crippen molar-refractivity contribution in [3.05, 3.63) is 59.0 Å². The molecule has 0 saturated carbocycles. The number of hydrogen-bond donors (Lipinski definition) is 1. The first-order valence-electron chi connectivity index (χ1n) is 6.61. The summed E-state index contributed by atoms with van der Waals surface area (Å²) in [5, 5.41) is 8.78. The smallest absolute Gasteiger partial charge is 0.255 e. The number of carbonyl (C=O) groups is 1. The normalized spacial score (nSPS) is 9.86. The van der Waals surface area contributed by atoms with Gasteiger partial charge in [-0.05, 0) is 31.2 Å². The largest absolute Gasteiger partial charge is 0.464 e. The molecular weight excluding hydrogens is 266 g/mol. The molecule has 2 rings (SSSR count). The molecular formula is C17H17NO3. The van der Waals surface area contributed by atoms with Crippen LogP contribution in [0.15, 0.2) is 40.8 Å². The van der Waals surface area contributed by atoms with Crippen molar-refractivity contribution in [1.82, 2.24) is 4.90 Å². The Balaban J connectivity index is 2.19. The van der Waals surface area contributed by atoms with Gasteiger partial charge in [-0.1, -0.05) is 24.0 Å². The van der Waals surface area contributed by atoms with Gasteiger partial charge >= 0.3 is 0 Å². The highest BCUT2D eigenvalue weighted by Gasteiger charge is 2.16. The number of aliphatic hydroxyl groups excluding tert-OH is 1. The number of aliphatic hydroxyl groups is 1. The first-order chi connectivity index (χ1) is 10.1. The van der Waals surface area contributed by atoms with Crippen molar-refractivity contribution in [3.63, 3.8) is 0 Å². The lowest BCUT2D eigenvalue weighted by atomic mass is 10.1. The van der Waals surface area contributed by atoms with E-state index in [1.165, 1.54) is 0 Å². The zero-order chi connectivity index (χ0) is 15.2. The number of benzene rings is 1. The second kappa shape index (κ2) is 6.78. The van der Waals surface area contributed by atoms with Crippen LogP contribution < -0.4 is 0 Å². The van der Waals surface area contributed by atoms with Gasteiger partial charge in [0.05, 0.1) is 12.1 Å². The summed E-state index contributed by atoms with van der Waals surface area (Å²) >= 11 is 0. The maximum atomic E-state index is 12.5. The highest BCUT2D eigenvalue weighted by molar-refractivity contribution is 5.96. The fourth-order valence-electron chi connectivity index (χ4n) is 1.99. The molecule has 0 fully saturated rings. The second-order valence-corrected chi connectivity index (χ2v) is 4.68. The van der Waals surface area contributed by atoms with Crippen molar-refractivity contribution >= 4 is 5.91 Å². The van der Waals surface area contributed by atoms with Crippen LogP contribution in [-0.4, -0.2) is 29.6 Å². The fraction of sp³-hybridized carbons (Fsp3) is 0.235. The van der Waals surface area contributed by atoms with E-state index in [1.807, 2.05) is 25.1 Å². The lowest BCUT2D eigenvalue weighted by Gasteiger charge is -2.16. The van der Waals surface area contributed by atoms with E-state index in [9.17, 15) is 4.79 Å². The Morgan fingerprint density at radius 3 is 2.71 bits per heavy atom. The molecule has 2 aromatic rings. The molecule has 1 N–H and O–H groups in total. The van der Waals surface area contributed by atoms with Crippen molar-refractivity contribution in [2.75, 3.05) is 13.7 Å². The zero-order valence-corrected chi connectivity index (χ0v) is 12.1. The molecule has 0 aliphatic heterocycles. The number of furan rings is 1. The molecule has 0 saturated heterocycles. The molecule has 0 atom stereocenters. The summed E-state index contributed by atoms with van der Waals surface area (Å²) in [7, 11) is 1.72. The number of hydrogen-bond acceptors (Lipinski definition) is 3. The molecule has 108 valence electrons. The van der Waals surface area contributed by atoms with Crippen molar-refractivity contribution in [3.8, 4) is 11.8 Å². The summed E-state index contributed by atoms with van der Waals surface area (Å²) < 4.78 is 5.48. The summed E-state index contributed by atoms with van der Waals surface area (Å²) in [6.07, 6.45) is 0. The van der Waals surface area contributed by atoms with Crippen molar-refractivity contribution in [2.45, 2.75) is 13.5 Å². The molecule has 1 amide bonds. The van der Waals surface area contributed by atoms with E-state index in [4.69, 9.17) is 9.52 Å². The van der Waals surface area contributed by atoms with E-state index in [2.05, 4.69) is 11.8 Å². The Bertz CT molecular complexity index is 691. The van der Waals surface area contributed by atoms with Crippen LogP contribution in [0.4, 0.5) is 0 Å². The number of amides is 1. The van der Waals surface area contributed by atoms with Gasteiger partial charge in [-0.3, -0.25) is 4.79 Å². The molecule has 0 aliphatic rings. The Morgan fingerprint density at radius 1 is 1.29 bits per heavy atom. The summed E-state index contributed by atoms with van der Waals surface area (Å²) in [5.74, 6) is 6.79. The van der Waals surface area contributed by atoms with Crippen LogP contribution in [0.25, 0.3) is 0 Å². The van der Waals surface area contributed by atoms with E-state index >= 15 is 0 Å². The van der Waals surface area contributed by atoms with Crippen LogP contribution in [0.5, 0.6) is 0 Å². The second-order valence-electron chi connectivity index (χ2n) is 4.68. The molecule has 0 radical (unpaired) electrons. The zero-order valence-electron chi connectivity index (χ0n) is 12.1. The number of rotatable bonds is 3. The lowest BCUT2D eigenvalue weighted by Crippen LogP contribution is -2.26. The van der Waals surface area contributed by atoms with E-state index in [-0.39, 0.29) is 12.5 Å². The first kappa shape index (κ1) is 14.9. The molecule has 21 heavy (non-hydrogen) atoms. The molecule has 0 bridgehead atoms. The van der Waals surface area contributed by atoms with Gasteiger partial charge < -0.3 is 14.4 Å². The predicted molar refractivity (Wildman–Crippen MR) is 79.6 cm³/mol. The summed E-state index contributed by atoms with van der Waals surface area (Å²) in [6, 6.07) is 10.8. The average molecular weight is 283 g/mol. The SMILES string of the molecule is Cc1ccc(CN(C)C(=O)c2ccccc2C#CCO)o1. The summed E-state index contributed by atoms with van der Waals surface area (Å²) in [5.41, 5.74) is 1.13. The Labute approximate surface area is 124 Å². The van der Waals surface area contributed by atoms with Gasteiger partial charge in [-0.25, -0.2) is 0 Å². The third-order valence-electron chi connectivity index (χ3n) is 3.00. The Hall–Kier alpha value is -2.51. The number of aryl methyl sites for hydroxylation is 1. The minimum absolute atomic E-state index is 0.133. The summed E-state index contributed by atoms with van der Waals surface area (Å²) in [4.78, 5) is 14.1. The van der Waals surface area contributed by atoms with E-state index < -0.39 is 0 Å². The van der Waals surface area contributed by atoms with Gasteiger partial charge in [0.25, 0.3) is 5.91 Å². The van der Waals surface area contributed by atoms with Crippen LogP contribution >= 0.6 is 0 Å². The molecule has 0 unspecified atom stereocenters. The van der Waals surface area contributed by atoms with Crippen molar-refractivity contribution < 1.29 is 14.3 Å². The van der Waals surface area contributed by atoms with Crippen LogP contribution in [0, 0.1) is 18.8 Å². The van der Waals surface area contributed by atoms with Gasteiger partial charge in [-0.2, -0.15) is 0 Å². The van der Waals surface area contributed by atoms with Crippen LogP contribution in [0.2, 0.25) is 0 Å². The molecule has 0 spiro atoms. The third kappa shape index (κ3) is 3.74. The third-order valence-corrected chi connectivity index (χ3v) is 3.00. The standard InChI is InChI=1S/C17H17NO3/c1-13-9-10-15(21-13)12-18(2)17(20)16-8-4-3-6-14(16)7-5-11-19/h3-4,6,8-10,19H,11-12H2,1-2H3. The van der Waals surface area contributed by atoms with Gasteiger partial charge in [0.1, 0.15) is 18.1 Å². The van der Waals surface area contributed by atoms with Crippen LogP contribution in [-0.2, 0) is 6.54 Å². The fourth-order valence-corrected chi connectivity index (χ4v) is 1.99. The summed E-state index contributed by atoms with van der Waals surface area (Å²) in [6.45, 7) is 2.03. The number of carbonyl (C=O) groups excluding carboxylic acids is 1. The number of nitrogens with zero attached hydrogens (tertiary/aromatic N) is 1. The Morgan fingerprint density at radius 2 is 2.05 bits per heavy atom. The first-order valence-corrected chi connectivity index (χ1v) is 6.61. The average Bonchev–Trinajstić information content (AvgIpc) is 2.89. The molecule has 4 nitrogen and oxygen atoms in total. The molecule has 0 aliphatic carbocycles. The minimum atomic E-state index is -0.232. The van der Waals surface area contributed by atoms with E-state index in [0.29, 0.717) is 17.7 Å². The molecule has 1 aromatic heterocycles. The van der Waals surface area contributed by atoms with Gasteiger partial charge in [0.15, 0.2) is 0 Å². The van der Waals surface area contributed by atoms with Gasteiger partial charge in [0, 0.05) is 12.6 Å². The maximum Gasteiger partial charge on any atom is 0.255 e. The highest BCUT2D eigenvalue weighted by atomic mass is 16.3. The molecule has 4 heteroatoms. The topological polar surface area (TPSA) is 53.7 Å². The predicted octanol–water partition coefficient (Wildman–Crippen LogP) is 2.20. The molecule has 1 heterocycles. The van der Waals surface area contributed by atoms with Crippen LogP contribution in [0.3, 0.4) is 0 Å². The van der Waals surface area contributed by atoms with E-state index in [1.54, 1.807) is 30.1 Å². The van der Waals surface area contributed by atoms with Crippen LogP contribution in [0.1, 0.15) is 27.4 Å². The monoisotopic (exact) mass is 283 g/mol. The minimum Gasteiger partial charge on any atom is -0.464 e. The van der Waals surface area contributed by atoms with E-state index in [0.717, 1.165) is 11.5 Å². The maximum absolute atomic E-state index is 12.5.